The summed E-state index contributed by atoms with van der Waals surface area (Å²) in [5.41, 5.74) is 7.84. The smallest absolute Gasteiger partial charge is 0.234 e. The minimum Gasteiger partial charge on any atom is -0.441 e. The molecule has 2 rings (SSSR count). The molecular formula is C12H15N3O2. The molecule has 0 unspecified atom stereocenters. The maximum Gasteiger partial charge on any atom is 0.234 e. The van der Waals surface area contributed by atoms with Gasteiger partial charge in [-0.2, -0.15) is 0 Å². The lowest BCUT2D eigenvalue weighted by atomic mass is 10.1. The highest BCUT2D eigenvalue weighted by Crippen LogP contribution is 2.17. The highest BCUT2D eigenvalue weighted by atomic mass is 16.3. The van der Waals surface area contributed by atoms with Crippen LogP contribution in [0.4, 0.5) is 0 Å². The molecule has 5 heteroatoms. The first-order valence-electron chi connectivity index (χ1n) is 5.50. The molecule has 0 bridgehead atoms. The summed E-state index contributed by atoms with van der Waals surface area (Å²) in [5, 5.41) is 0. The summed E-state index contributed by atoms with van der Waals surface area (Å²) >= 11 is 0. The van der Waals surface area contributed by atoms with Crippen LogP contribution in [-0.2, 0) is 11.2 Å². The van der Waals surface area contributed by atoms with Gasteiger partial charge in [0.1, 0.15) is 5.52 Å². The van der Waals surface area contributed by atoms with Crippen LogP contribution in [0.1, 0.15) is 17.9 Å². The number of aromatic nitrogens is 1. The summed E-state index contributed by atoms with van der Waals surface area (Å²) in [4.78, 5) is 15.5. The fraction of sp³-hybridized carbons (Fsp3) is 0.333. The summed E-state index contributed by atoms with van der Waals surface area (Å²) in [6.07, 6.45) is 1.13. The first-order valence-corrected chi connectivity index (χ1v) is 5.50. The Hall–Kier alpha value is -1.88. The Bertz CT molecular complexity index is 534. The molecule has 0 spiro atoms. The van der Waals surface area contributed by atoms with E-state index in [1.54, 1.807) is 7.05 Å². The molecule has 0 saturated heterocycles. The second-order valence-electron chi connectivity index (χ2n) is 3.83. The third-order valence-electron chi connectivity index (χ3n) is 2.46. The molecule has 5 nitrogen and oxygen atoms in total. The first-order chi connectivity index (χ1) is 8.19. The Labute approximate surface area is 99.2 Å². The largest absolute Gasteiger partial charge is 0.441 e. The monoisotopic (exact) mass is 233 g/mol. The third-order valence-corrected chi connectivity index (χ3v) is 2.46. The number of fused-ring (bicyclic) bond motifs is 1. The van der Waals surface area contributed by atoms with Crippen molar-refractivity contribution < 1.29 is 9.21 Å². The van der Waals surface area contributed by atoms with Gasteiger partial charge in [-0.3, -0.25) is 10.2 Å². The van der Waals surface area contributed by atoms with E-state index in [1.165, 1.54) is 0 Å². The molecule has 0 aliphatic carbocycles. The minimum atomic E-state index is -0.0265. The number of benzene rings is 1. The Morgan fingerprint density at radius 1 is 1.47 bits per heavy atom. The molecule has 0 atom stereocenters. The molecule has 2 N–H and O–H groups in total. The number of nitrogens with zero attached hydrogens (tertiary/aromatic N) is 1. The fourth-order valence-electron chi connectivity index (χ4n) is 1.70. The van der Waals surface area contributed by atoms with Crippen molar-refractivity contribution in [2.24, 2.45) is 0 Å². The van der Waals surface area contributed by atoms with Gasteiger partial charge in [0.05, 0.1) is 0 Å². The van der Waals surface area contributed by atoms with Crippen molar-refractivity contribution in [2.75, 3.05) is 7.05 Å². The lowest BCUT2D eigenvalue weighted by molar-refractivity contribution is -0.121. The van der Waals surface area contributed by atoms with Gasteiger partial charge in [-0.1, -0.05) is 6.07 Å². The average Bonchev–Trinajstić information content (AvgIpc) is 2.66. The summed E-state index contributed by atoms with van der Waals surface area (Å²) in [7, 11) is 1.67. The highest BCUT2D eigenvalue weighted by Gasteiger charge is 2.05. The van der Waals surface area contributed by atoms with Crippen molar-refractivity contribution in [3.8, 4) is 0 Å². The topological polar surface area (TPSA) is 67.2 Å². The highest BCUT2D eigenvalue weighted by molar-refractivity contribution is 5.76. The van der Waals surface area contributed by atoms with Gasteiger partial charge in [-0.15, -0.1) is 0 Å². The number of hydrazine groups is 1. The zero-order valence-electron chi connectivity index (χ0n) is 9.91. The summed E-state index contributed by atoms with van der Waals surface area (Å²) in [5.74, 6) is 0.631. The number of amides is 1. The predicted octanol–water partition coefficient (Wildman–Crippen LogP) is 1.32. The number of carbonyl (C=O) groups is 1. The Morgan fingerprint density at radius 2 is 2.29 bits per heavy atom. The van der Waals surface area contributed by atoms with Crippen molar-refractivity contribution in [3.63, 3.8) is 0 Å². The van der Waals surface area contributed by atoms with Crippen LogP contribution in [0.25, 0.3) is 11.1 Å². The fourth-order valence-corrected chi connectivity index (χ4v) is 1.70. The normalized spacial score (nSPS) is 10.7. The molecule has 0 aliphatic rings. The van der Waals surface area contributed by atoms with Gasteiger partial charge in [0.15, 0.2) is 11.5 Å². The van der Waals surface area contributed by atoms with Crippen molar-refractivity contribution in [1.29, 1.82) is 0 Å². The van der Waals surface area contributed by atoms with Gasteiger partial charge in [0, 0.05) is 20.4 Å². The molecular weight excluding hydrogens is 218 g/mol. The number of carbonyl (C=O) groups excluding carboxylic acids is 1. The zero-order valence-corrected chi connectivity index (χ0v) is 9.91. The van der Waals surface area contributed by atoms with E-state index in [4.69, 9.17) is 4.42 Å². The van der Waals surface area contributed by atoms with Crippen LogP contribution in [0.15, 0.2) is 22.6 Å². The molecule has 2 aromatic rings. The van der Waals surface area contributed by atoms with Crippen molar-refractivity contribution >= 4 is 17.0 Å². The van der Waals surface area contributed by atoms with Crippen molar-refractivity contribution in [2.45, 2.75) is 19.8 Å². The van der Waals surface area contributed by atoms with Crippen molar-refractivity contribution in [1.82, 2.24) is 15.8 Å². The Balaban J connectivity index is 2.06. The van der Waals surface area contributed by atoms with Crippen LogP contribution in [0.2, 0.25) is 0 Å². The maximum atomic E-state index is 11.3. The molecule has 90 valence electrons. The Morgan fingerprint density at radius 3 is 3.06 bits per heavy atom. The minimum absolute atomic E-state index is 0.0265. The second kappa shape index (κ2) is 4.97. The van der Waals surface area contributed by atoms with E-state index in [2.05, 4.69) is 15.8 Å². The molecule has 1 aromatic heterocycles. The first kappa shape index (κ1) is 11.6. The average molecular weight is 233 g/mol. The molecule has 1 heterocycles. The van der Waals surface area contributed by atoms with E-state index in [0.717, 1.165) is 16.7 Å². The van der Waals surface area contributed by atoms with E-state index in [9.17, 15) is 4.79 Å². The van der Waals surface area contributed by atoms with E-state index in [0.29, 0.717) is 18.7 Å². The van der Waals surface area contributed by atoms with Gasteiger partial charge in [-0.05, 0) is 24.1 Å². The SMILES string of the molecule is CNNC(=O)CCc1ccc2nc(C)oc2c1. The quantitative estimate of drug-likeness (QED) is 0.781. The molecule has 0 aliphatic heterocycles. The summed E-state index contributed by atoms with van der Waals surface area (Å²) < 4.78 is 5.44. The zero-order chi connectivity index (χ0) is 12.3. The van der Waals surface area contributed by atoms with Crippen LogP contribution in [0.5, 0.6) is 0 Å². The summed E-state index contributed by atoms with van der Waals surface area (Å²) in [6, 6.07) is 5.82. The van der Waals surface area contributed by atoms with Gasteiger partial charge in [0.25, 0.3) is 0 Å². The maximum absolute atomic E-state index is 11.3. The molecule has 0 radical (unpaired) electrons. The number of rotatable bonds is 4. The van der Waals surface area contributed by atoms with Crippen molar-refractivity contribution in [3.05, 3.63) is 29.7 Å². The molecule has 1 aromatic carbocycles. The van der Waals surface area contributed by atoms with E-state index in [1.807, 2.05) is 25.1 Å². The van der Waals surface area contributed by atoms with E-state index < -0.39 is 0 Å². The van der Waals surface area contributed by atoms with Crippen LogP contribution in [0, 0.1) is 6.92 Å². The lowest BCUT2D eigenvalue weighted by Gasteiger charge is -2.02. The predicted molar refractivity (Wildman–Crippen MR) is 64.3 cm³/mol. The number of hydrogen-bond acceptors (Lipinski definition) is 4. The van der Waals surface area contributed by atoms with Crippen LogP contribution in [-0.4, -0.2) is 17.9 Å². The van der Waals surface area contributed by atoms with E-state index >= 15 is 0 Å². The van der Waals surface area contributed by atoms with Crippen LogP contribution in [0.3, 0.4) is 0 Å². The van der Waals surface area contributed by atoms with E-state index in [-0.39, 0.29) is 5.91 Å². The second-order valence-corrected chi connectivity index (χ2v) is 3.83. The van der Waals surface area contributed by atoms with Gasteiger partial charge >= 0.3 is 0 Å². The third kappa shape index (κ3) is 2.82. The summed E-state index contributed by atoms with van der Waals surface area (Å²) in [6.45, 7) is 1.82. The van der Waals surface area contributed by atoms with Gasteiger partial charge < -0.3 is 4.42 Å². The number of nitrogens with one attached hydrogen (secondary N) is 2. The number of hydrogen-bond donors (Lipinski definition) is 2. The lowest BCUT2D eigenvalue weighted by Crippen LogP contribution is -2.34. The molecule has 0 fully saturated rings. The van der Waals surface area contributed by atoms with Gasteiger partial charge in [0.2, 0.25) is 5.91 Å². The standard InChI is InChI=1S/C12H15N3O2/c1-8-14-10-5-3-9(7-11(10)17-8)4-6-12(16)15-13-2/h3,5,7,13H,4,6H2,1-2H3,(H,15,16). The molecule has 17 heavy (non-hydrogen) atoms. The molecule has 0 saturated carbocycles. The number of aryl methyl sites for hydroxylation is 2. The molecule has 1 amide bonds. The Kier molecular flexibility index (Phi) is 3.39. The number of oxazole rings is 1. The van der Waals surface area contributed by atoms with Gasteiger partial charge in [-0.25, -0.2) is 10.4 Å². The van der Waals surface area contributed by atoms with Crippen LogP contribution < -0.4 is 10.9 Å². The van der Waals surface area contributed by atoms with Crippen LogP contribution >= 0.6 is 0 Å².